The molecule has 0 fully saturated rings. The van der Waals surface area contributed by atoms with E-state index in [1.165, 1.54) is 18.4 Å². The van der Waals surface area contributed by atoms with Gasteiger partial charge in [-0.15, -0.1) is 11.3 Å². The summed E-state index contributed by atoms with van der Waals surface area (Å²) in [6.45, 7) is 1.93. The molecular weight excluding hydrogens is 426 g/mol. The standard InChI is InChI=1S/C22H20ClNO5S/c1-4-29-22(26)19-17(16-10-9-15(27-2)11-18(16)28-3)12-30-21(19)24-20(25)13-5-7-14(23)8-6-13/h5-12H,4H2,1-3H3,(H,24,25). The lowest BCUT2D eigenvalue weighted by Gasteiger charge is -2.12. The maximum absolute atomic E-state index is 12.8. The van der Waals surface area contributed by atoms with E-state index >= 15 is 0 Å². The fourth-order valence-electron chi connectivity index (χ4n) is 2.85. The molecule has 156 valence electrons. The highest BCUT2D eigenvalue weighted by Crippen LogP contribution is 2.41. The van der Waals surface area contributed by atoms with Gasteiger partial charge in [-0.2, -0.15) is 0 Å². The normalized spacial score (nSPS) is 10.4. The van der Waals surface area contributed by atoms with Crippen LogP contribution < -0.4 is 14.8 Å². The van der Waals surface area contributed by atoms with Crippen LogP contribution in [0.15, 0.2) is 47.8 Å². The molecule has 1 heterocycles. The first-order valence-corrected chi connectivity index (χ1v) is 10.3. The fraction of sp³-hybridized carbons (Fsp3) is 0.182. The summed E-state index contributed by atoms with van der Waals surface area (Å²) >= 11 is 7.12. The van der Waals surface area contributed by atoms with Gasteiger partial charge < -0.3 is 19.5 Å². The Hall–Kier alpha value is -3.03. The number of carbonyl (C=O) groups excluding carboxylic acids is 2. The molecule has 0 aliphatic rings. The van der Waals surface area contributed by atoms with Gasteiger partial charge in [0.25, 0.3) is 5.91 Å². The summed E-state index contributed by atoms with van der Waals surface area (Å²) in [6.07, 6.45) is 0. The Morgan fingerprint density at radius 2 is 1.77 bits per heavy atom. The van der Waals surface area contributed by atoms with Crippen LogP contribution in [0.4, 0.5) is 5.00 Å². The molecule has 3 rings (SSSR count). The van der Waals surface area contributed by atoms with E-state index in [2.05, 4.69) is 5.32 Å². The molecule has 0 unspecified atom stereocenters. The van der Waals surface area contributed by atoms with E-state index < -0.39 is 5.97 Å². The lowest BCUT2D eigenvalue weighted by Crippen LogP contribution is -2.14. The lowest BCUT2D eigenvalue weighted by atomic mass is 10.0. The van der Waals surface area contributed by atoms with Crippen molar-refractivity contribution < 1.29 is 23.8 Å². The first-order valence-electron chi connectivity index (χ1n) is 9.06. The van der Waals surface area contributed by atoms with E-state index in [4.69, 9.17) is 25.8 Å². The molecule has 0 aliphatic heterocycles. The number of halogens is 1. The Labute approximate surface area is 183 Å². The summed E-state index contributed by atoms with van der Waals surface area (Å²) in [5.41, 5.74) is 1.98. The minimum absolute atomic E-state index is 0.207. The zero-order valence-electron chi connectivity index (χ0n) is 16.7. The third-order valence-electron chi connectivity index (χ3n) is 4.30. The Bertz CT molecular complexity index is 1060. The monoisotopic (exact) mass is 445 g/mol. The second-order valence-electron chi connectivity index (χ2n) is 6.10. The predicted octanol–water partition coefficient (Wildman–Crippen LogP) is 5.51. The Morgan fingerprint density at radius 1 is 1.03 bits per heavy atom. The van der Waals surface area contributed by atoms with Gasteiger partial charge in [0.05, 0.1) is 20.8 Å². The summed E-state index contributed by atoms with van der Waals surface area (Å²) < 4.78 is 16.0. The summed E-state index contributed by atoms with van der Waals surface area (Å²) in [4.78, 5) is 25.4. The van der Waals surface area contributed by atoms with Gasteiger partial charge in [-0.3, -0.25) is 4.79 Å². The second kappa shape index (κ2) is 9.65. The van der Waals surface area contributed by atoms with Crippen molar-refractivity contribution in [2.75, 3.05) is 26.1 Å². The van der Waals surface area contributed by atoms with Gasteiger partial charge in [0.1, 0.15) is 22.1 Å². The van der Waals surface area contributed by atoms with Gasteiger partial charge in [0.2, 0.25) is 0 Å². The third kappa shape index (κ3) is 4.58. The van der Waals surface area contributed by atoms with E-state index in [9.17, 15) is 9.59 Å². The SMILES string of the molecule is CCOC(=O)c1c(-c2ccc(OC)cc2OC)csc1NC(=O)c1ccc(Cl)cc1. The van der Waals surface area contributed by atoms with E-state index in [0.717, 1.165) is 0 Å². The molecule has 0 aliphatic carbocycles. The maximum atomic E-state index is 12.8. The molecule has 1 amide bonds. The van der Waals surface area contributed by atoms with Crippen molar-refractivity contribution in [1.29, 1.82) is 0 Å². The molecule has 2 aromatic carbocycles. The molecule has 6 nitrogen and oxygen atoms in total. The molecule has 1 N–H and O–H groups in total. The highest BCUT2D eigenvalue weighted by atomic mass is 35.5. The first kappa shape index (κ1) is 21.7. The summed E-state index contributed by atoms with van der Waals surface area (Å²) in [5.74, 6) is 0.276. The van der Waals surface area contributed by atoms with Crippen LogP contribution in [-0.4, -0.2) is 32.7 Å². The molecule has 0 atom stereocenters. The number of benzene rings is 2. The molecule has 0 saturated heterocycles. The average Bonchev–Trinajstić information content (AvgIpc) is 3.17. The van der Waals surface area contributed by atoms with E-state index in [1.54, 1.807) is 61.9 Å². The highest BCUT2D eigenvalue weighted by Gasteiger charge is 2.25. The molecule has 8 heteroatoms. The highest BCUT2D eigenvalue weighted by molar-refractivity contribution is 7.15. The maximum Gasteiger partial charge on any atom is 0.341 e. The van der Waals surface area contributed by atoms with Gasteiger partial charge in [0, 0.05) is 33.2 Å². The number of esters is 1. The van der Waals surface area contributed by atoms with Crippen molar-refractivity contribution in [2.24, 2.45) is 0 Å². The van der Waals surface area contributed by atoms with E-state index in [-0.39, 0.29) is 18.1 Å². The van der Waals surface area contributed by atoms with Gasteiger partial charge in [-0.05, 0) is 43.3 Å². The number of nitrogens with one attached hydrogen (secondary N) is 1. The average molecular weight is 446 g/mol. The number of methoxy groups -OCH3 is 2. The summed E-state index contributed by atoms with van der Waals surface area (Å²) in [6, 6.07) is 11.8. The zero-order chi connectivity index (χ0) is 21.7. The largest absolute Gasteiger partial charge is 0.497 e. The zero-order valence-corrected chi connectivity index (χ0v) is 18.2. The van der Waals surface area contributed by atoms with Crippen LogP contribution >= 0.6 is 22.9 Å². The van der Waals surface area contributed by atoms with Crippen molar-refractivity contribution in [2.45, 2.75) is 6.92 Å². The topological polar surface area (TPSA) is 73.9 Å². The molecule has 3 aromatic rings. The number of hydrogen-bond acceptors (Lipinski definition) is 6. The number of thiophene rings is 1. The Morgan fingerprint density at radius 3 is 2.40 bits per heavy atom. The van der Waals surface area contributed by atoms with Gasteiger partial charge in [0.15, 0.2) is 0 Å². The summed E-state index contributed by atoms with van der Waals surface area (Å²) in [5, 5.41) is 5.51. The molecule has 30 heavy (non-hydrogen) atoms. The quantitative estimate of drug-likeness (QED) is 0.485. The van der Waals surface area contributed by atoms with Crippen molar-refractivity contribution in [1.82, 2.24) is 0 Å². The first-order chi connectivity index (χ1) is 14.5. The number of hydrogen-bond donors (Lipinski definition) is 1. The van der Waals surface area contributed by atoms with Crippen molar-refractivity contribution in [3.63, 3.8) is 0 Å². The van der Waals surface area contributed by atoms with Crippen LogP contribution in [-0.2, 0) is 4.74 Å². The van der Waals surface area contributed by atoms with Crippen molar-refractivity contribution in [3.05, 3.63) is 64.0 Å². The fourth-order valence-corrected chi connectivity index (χ4v) is 3.92. The smallest absolute Gasteiger partial charge is 0.341 e. The van der Waals surface area contributed by atoms with Crippen LogP contribution in [0.2, 0.25) is 5.02 Å². The molecule has 0 spiro atoms. The molecule has 0 bridgehead atoms. The molecule has 0 radical (unpaired) electrons. The summed E-state index contributed by atoms with van der Waals surface area (Å²) in [7, 11) is 3.10. The lowest BCUT2D eigenvalue weighted by molar-refractivity contribution is 0.0529. The van der Waals surface area contributed by atoms with E-state index in [1.807, 2.05) is 0 Å². The van der Waals surface area contributed by atoms with Crippen LogP contribution in [0, 0.1) is 0 Å². The predicted molar refractivity (Wildman–Crippen MR) is 118 cm³/mol. The van der Waals surface area contributed by atoms with Gasteiger partial charge >= 0.3 is 5.97 Å². The Kier molecular flexibility index (Phi) is 6.97. The number of rotatable bonds is 7. The van der Waals surface area contributed by atoms with Crippen LogP contribution in [0.5, 0.6) is 11.5 Å². The minimum Gasteiger partial charge on any atom is -0.497 e. The van der Waals surface area contributed by atoms with E-state index in [0.29, 0.717) is 38.2 Å². The van der Waals surface area contributed by atoms with Crippen molar-refractivity contribution in [3.8, 4) is 22.6 Å². The molecule has 1 aromatic heterocycles. The second-order valence-corrected chi connectivity index (χ2v) is 7.42. The Balaban J connectivity index is 2.04. The van der Waals surface area contributed by atoms with Gasteiger partial charge in [-0.1, -0.05) is 11.6 Å². The van der Waals surface area contributed by atoms with Crippen LogP contribution in [0.3, 0.4) is 0 Å². The minimum atomic E-state index is -0.530. The number of amides is 1. The van der Waals surface area contributed by atoms with Crippen LogP contribution in [0.1, 0.15) is 27.6 Å². The number of carbonyl (C=O) groups is 2. The molecule has 0 saturated carbocycles. The number of ether oxygens (including phenoxy) is 3. The van der Waals surface area contributed by atoms with Crippen molar-refractivity contribution >= 4 is 39.8 Å². The van der Waals surface area contributed by atoms with Gasteiger partial charge in [-0.25, -0.2) is 4.79 Å². The molecular formula is C22H20ClNO5S. The third-order valence-corrected chi connectivity index (χ3v) is 5.45. The van der Waals surface area contributed by atoms with Crippen LogP contribution in [0.25, 0.3) is 11.1 Å². The number of anilines is 1.